The van der Waals surface area contributed by atoms with Gasteiger partial charge in [-0.15, -0.1) is 22.7 Å². The van der Waals surface area contributed by atoms with E-state index < -0.39 is 17.1 Å². The molecule has 2 heterocycles. The van der Waals surface area contributed by atoms with E-state index in [2.05, 4.69) is 10.1 Å². The van der Waals surface area contributed by atoms with Gasteiger partial charge in [0, 0.05) is 24.6 Å². The number of alkyl carbamates (subject to hydrolysis) is 1. The third-order valence-corrected chi connectivity index (χ3v) is 6.50. The van der Waals surface area contributed by atoms with Crippen molar-refractivity contribution < 1.29 is 19.2 Å². The molecule has 0 saturated carbocycles. The molecule has 1 unspecified atom stereocenters. The molecule has 9 nitrogen and oxygen atoms in total. The number of carbonyl (C=O) groups is 2. The van der Waals surface area contributed by atoms with Crippen LogP contribution in [-0.2, 0) is 16.0 Å². The van der Waals surface area contributed by atoms with Gasteiger partial charge in [0.05, 0.1) is 28.6 Å². The average Bonchev–Trinajstić information content (AvgIpc) is 3.47. The minimum Gasteiger partial charge on any atom is -0.453 e. The minimum atomic E-state index is -0.692. The van der Waals surface area contributed by atoms with E-state index in [1.54, 1.807) is 30.5 Å². The summed E-state index contributed by atoms with van der Waals surface area (Å²) in [7, 11) is 2.86. The molecule has 3 aromatic rings. The highest BCUT2D eigenvalue weighted by Crippen LogP contribution is 2.32. The monoisotopic (exact) mass is 460 g/mol. The van der Waals surface area contributed by atoms with Gasteiger partial charge in [0.15, 0.2) is 0 Å². The zero-order chi connectivity index (χ0) is 22.4. The number of benzene rings is 1. The Balaban J connectivity index is 1.85. The van der Waals surface area contributed by atoms with Crippen LogP contribution in [0.1, 0.15) is 17.3 Å². The number of aromatic nitrogens is 1. The molecule has 31 heavy (non-hydrogen) atoms. The fourth-order valence-corrected chi connectivity index (χ4v) is 4.57. The van der Waals surface area contributed by atoms with Gasteiger partial charge in [0.25, 0.3) is 5.69 Å². The number of hydrogen-bond donors (Lipinski definition) is 1. The molecule has 0 aliphatic carbocycles. The number of thiophene rings is 1. The number of carbonyl (C=O) groups excluding carboxylic acids is 2. The highest BCUT2D eigenvalue weighted by Gasteiger charge is 2.25. The molecule has 0 saturated heterocycles. The smallest absolute Gasteiger partial charge is 0.407 e. The van der Waals surface area contributed by atoms with Crippen molar-refractivity contribution in [2.45, 2.75) is 12.5 Å². The molecule has 0 aliphatic heterocycles. The van der Waals surface area contributed by atoms with E-state index in [0.717, 1.165) is 15.4 Å². The molecule has 0 fully saturated rings. The highest BCUT2D eigenvalue weighted by molar-refractivity contribution is 7.20. The Labute approximate surface area is 186 Å². The van der Waals surface area contributed by atoms with Crippen molar-refractivity contribution in [1.82, 2.24) is 15.2 Å². The maximum atomic E-state index is 12.7. The number of non-ortho nitro benzene ring substituents is 1. The van der Waals surface area contributed by atoms with Crippen LogP contribution in [-0.4, -0.2) is 47.5 Å². The van der Waals surface area contributed by atoms with Crippen molar-refractivity contribution in [3.8, 4) is 9.88 Å². The summed E-state index contributed by atoms with van der Waals surface area (Å²) in [6.45, 7) is -0.220. The Bertz CT molecular complexity index is 1050. The maximum absolute atomic E-state index is 12.7. The first kappa shape index (κ1) is 22.4. The van der Waals surface area contributed by atoms with Gasteiger partial charge in [-0.1, -0.05) is 18.2 Å². The van der Waals surface area contributed by atoms with Crippen LogP contribution in [0.3, 0.4) is 0 Å². The van der Waals surface area contributed by atoms with E-state index in [4.69, 9.17) is 4.98 Å². The first-order chi connectivity index (χ1) is 14.9. The fraction of sp³-hybridized carbons (Fsp3) is 0.250. The first-order valence-corrected chi connectivity index (χ1v) is 10.9. The first-order valence-electron chi connectivity index (χ1n) is 9.19. The molecule has 1 N–H and O–H groups in total. The number of amides is 2. The second-order valence-corrected chi connectivity index (χ2v) is 8.35. The van der Waals surface area contributed by atoms with Gasteiger partial charge in [0.2, 0.25) is 5.91 Å². The van der Waals surface area contributed by atoms with Crippen LogP contribution < -0.4 is 5.32 Å². The maximum Gasteiger partial charge on any atom is 0.407 e. The van der Waals surface area contributed by atoms with Gasteiger partial charge < -0.3 is 15.0 Å². The number of nitrogens with zero attached hydrogens (tertiary/aromatic N) is 3. The zero-order valence-electron chi connectivity index (χ0n) is 16.8. The lowest BCUT2D eigenvalue weighted by molar-refractivity contribution is -0.384. The average molecular weight is 461 g/mol. The van der Waals surface area contributed by atoms with Crippen LogP contribution in [0, 0.1) is 10.1 Å². The predicted octanol–water partition coefficient (Wildman–Crippen LogP) is 3.88. The van der Waals surface area contributed by atoms with Crippen LogP contribution in [0.25, 0.3) is 9.88 Å². The van der Waals surface area contributed by atoms with E-state index in [9.17, 15) is 19.7 Å². The standard InChI is InChI=1S/C20H20N4O5S2/c1-23(18(25)11-21-20(26)29-2)16(10-13-5-7-14(8-6-13)24(27)28)15-12-31-19(22-15)17-4-3-9-30-17/h3-9,12,16H,10-11H2,1-2H3,(H,21,26). The summed E-state index contributed by atoms with van der Waals surface area (Å²) in [6.07, 6.45) is -0.284. The summed E-state index contributed by atoms with van der Waals surface area (Å²) in [5.74, 6) is -0.317. The molecule has 3 rings (SSSR count). The Morgan fingerprint density at radius 2 is 2.00 bits per heavy atom. The van der Waals surface area contributed by atoms with Crippen LogP contribution in [0.4, 0.5) is 10.5 Å². The van der Waals surface area contributed by atoms with Crippen LogP contribution in [0.5, 0.6) is 0 Å². The number of likely N-dealkylation sites (N-methyl/N-ethyl adjacent to an activating group) is 1. The number of methoxy groups -OCH3 is 1. The van der Waals surface area contributed by atoms with Gasteiger partial charge >= 0.3 is 6.09 Å². The van der Waals surface area contributed by atoms with Gasteiger partial charge in [-0.25, -0.2) is 9.78 Å². The molecule has 0 radical (unpaired) electrons. The summed E-state index contributed by atoms with van der Waals surface area (Å²) >= 11 is 3.07. The molecule has 2 amide bonds. The predicted molar refractivity (Wildman–Crippen MR) is 118 cm³/mol. The summed E-state index contributed by atoms with van der Waals surface area (Å²) in [5.41, 5.74) is 1.53. The van der Waals surface area contributed by atoms with Crippen LogP contribution in [0.2, 0.25) is 0 Å². The summed E-state index contributed by atoms with van der Waals surface area (Å²) < 4.78 is 4.51. The Hall–Kier alpha value is -3.31. The molecule has 11 heteroatoms. The third-order valence-electron chi connectivity index (χ3n) is 4.60. The molecule has 1 aromatic carbocycles. The molecule has 0 aliphatic rings. The molecule has 0 bridgehead atoms. The number of hydrogen-bond acceptors (Lipinski definition) is 8. The number of ether oxygens (including phenoxy) is 1. The Kier molecular flexibility index (Phi) is 7.32. The molecule has 162 valence electrons. The van der Waals surface area contributed by atoms with E-state index >= 15 is 0 Å². The second-order valence-electron chi connectivity index (χ2n) is 6.55. The van der Waals surface area contributed by atoms with E-state index in [0.29, 0.717) is 12.1 Å². The third kappa shape index (κ3) is 5.64. The van der Waals surface area contributed by atoms with Gasteiger partial charge in [-0.2, -0.15) is 0 Å². The minimum absolute atomic E-state index is 0.000601. The van der Waals surface area contributed by atoms with E-state index in [-0.39, 0.29) is 18.1 Å². The van der Waals surface area contributed by atoms with Crippen molar-refractivity contribution in [1.29, 1.82) is 0 Å². The number of rotatable bonds is 8. The Morgan fingerprint density at radius 3 is 2.61 bits per heavy atom. The lowest BCUT2D eigenvalue weighted by atomic mass is 10.0. The number of nitrogens with one attached hydrogen (secondary N) is 1. The number of nitro groups is 1. The van der Waals surface area contributed by atoms with Crippen molar-refractivity contribution in [2.75, 3.05) is 20.7 Å². The normalized spacial score (nSPS) is 11.5. The van der Waals surface area contributed by atoms with Crippen molar-refractivity contribution >= 4 is 40.4 Å². The van der Waals surface area contributed by atoms with Gasteiger partial charge in [-0.05, 0) is 23.4 Å². The zero-order valence-corrected chi connectivity index (χ0v) is 18.4. The number of nitro benzene ring substituents is 1. The molecule has 2 aromatic heterocycles. The summed E-state index contributed by atoms with van der Waals surface area (Å²) in [6, 6.07) is 9.72. The SMILES string of the molecule is COC(=O)NCC(=O)N(C)C(Cc1ccc([N+](=O)[O-])cc1)c1csc(-c2cccs2)n1. The lowest BCUT2D eigenvalue weighted by Gasteiger charge is -2.27. The highest BCUT2D eigenvalue weighted by atomic mass is 32.1. The summed E-state index contributed by atoms with van der Waals surface area (Å²) in [4.78, 5) is 41.8. The van der Waals surface area contributed by atoms with E-state index in [1.807, 2.05) is 22.9 Å². The van der Waals surface area contributed by atoms with Crippen molar-refractivity contribution in [2.24, 2.45) is 0 Å². The summed E-state index contributed by atoms with van der Waals surface area (Å²) in [5, 5.41) is 18.0. The molecular weight excluding hydrogens is 440 g/mol. The quantitative estimate of drug-likeness (QED) is 0.403. The van der Waals surface area contributed by atoms with Crippen LogP contribution in [0.15, 0.2) is 47.2 Å². The number of thiazole rings is 1. The van der Waals surface area contributed by atoms with E-state index in [1.165, 1.54) is 35.5 Å². The van der Waals surface area contributed by atoms with Crippen molar-refractivity contribution in [3.05, 3.63) is 68.5 Å². The molecule has 1 atom stereocenters. The topological polar surface area (TPSA) is 115 Å². The van der Waals surface area contributed by atoms with Crippen molar-refractivity contribution in [3.63, 3.8) is 0 Å². The fourth-order valence-electron chi connectivity index (χ4n) is 2.89. The largest absolute Gasteiger partial charge is 0.453 e. The van der Waals surface area contributed by atoms with Gasteiger partial charge in [0.1, 0.15) is 11.6 Å². The van der Waals surface area contributed by atoms with Crippen LogP contribution >= 0.6 is 22.7 Å². The lowest BCUT2D eigenvalue weighted by Crippen LogP contribution is -2.40. The molecule has 0 spiro atoms. The molecular formula is C20H20N4O5S2. The van der Waals surface area contributed by atoms with Gasteiger partial charge in [-0.3, -0.25) is 14.9 Å². The second kappa shape index (κ2) is 10.1. The Morgan fingerprint density at radius 1 is 1.26 bits per heavy atom.